The van der Waals surface area contributed by atoms with Crippen molar-refractivity contribution in [3.05, 3.63) is 29.8 Å². The third-order valence-corrected chi connectivity index (χ3v) is 1.64. The van der Waals surface area contributed by atoms with Crippen LogP contribution in [0.25, 0.3) is 0 Å². The Hall–Kier alpha value is -2.09. The third kappa shape index (κ3) is 3.58. The molecule has 0 aromatic heterocycles. The fourth-order valence-corrected chi connectivity index (χ4v) is 0.932. The summed E-state index contributed by atoms with van der Waals surface area (Å²) in [6, 6.07) is 2.74. The number of carbonyl (C=O) groups excluding carboxylic acids is 1. The van der Waals surface area contributed by atoms with E-state index in [1.165, 1.54) is 0 Å². The maximum atomic E-state index is 13.0. The second-order valence-corrected chi connectivity index (χ2v) is 2.84. The summed E-state index contributed by atoms with van der Waals surface area (Å²) in [6.07, 6.45) is 4.91. The molecule has 3 nitrogen and oxygen atoms in total. The summed E-state index contributed by atoms with van der Waals surface area (Å²) in [5.41, 5.74) is 0. The minimum Gasteiger partial charge on any atom is -0.481 e. The van der Waals surface area contributed by atoms with E-state index < -0.39 is 24.1 Å². The van der Waals surface area contributed by atoms with Crippen LogP contribution in [-0.2, 0) is 4.79 Å². The van der Waals surface area contributed by atoms with E-state index in [0.29, 0.717) is 0 Å². The first-order chi connectivity index (χ1) is 7.63. The molecule has 0 aliphatic heterocycles. The van der Waals surface area contributed by atoms with Crippen LogP contribution >= 0.6 is 0 Å². The lowest BCUT2D eigenvalue weighted by Crippen LogP contribution is -2.29. The molecule has 0 aliphatic carbocycles. The van der Waals surface area contributed by atoms with Crippen molar-refractivity contribution < 1.29 is 18.3 Å². The molecular weight excluding hydrogens is 216 g/mol. The van der Waals surface area contributed by atoms with E-state index in [1.54, 1.807) is 0 Å². The van der Waals surface area contributed by atoms with Crippen LogP contribution in [-0.4, -0.2) is 19.1 Å². The van der Waals surface area contributed by atoms with Crippen LogP contribution < -0.4 is 10.1 Å². The highest BCUT2D eigenvalue weighted by Gasteiger charge is 2.07. The summed E-state index contributed by atoms with van der Waals surface area (Å²) in [4.78, 5) is 11.0. The molecule has 1 N–H and O–H groups in total. The highest BCUT2D eigenvalue weighted by Crippen LogP contribution is 2.17. The number of amides is 1. The van der Waals surface area contributed by atoms with Crippen molar-refractivity contribution in [2.45, 2.75) is 0 Å². The van der Waals surface area contributed by atoms with Gasteiger partial charge in [0.15, 0.2) is 18.2 Å². The first kappa shape index (κ1) is 12.0. The molecule has 0 atom stereocenters. The Balaban J connectivity index is 2.51. The fourth-order valence-electron chi connectivity index (χ4n) is 0.932. The van der Waals surface area contributed by atoms with Crippen molar-refractivity contribution in [3.8, 4) is 18.1 Å². The normalized spacial score (nSPS) is 9.31. The van der Waals surface area contributed by atoms with Crippen LogP contribution in [0.5, 0.6) is 5.75 Å². The average molecular weight is 225 g/mol. The van der Waals surface area contributed by atoms with Gasteiger partial charge in [-0.1, -0.05) is 5.92 Å². The van der Waals surface area contributed by atoms with Crippen LogP contribution in [0.4, 0.5) is 8.78 Å². The standard InChI is InChI=1S/C11H9F2NO2/c1-2-5-14-11(15)7-16-10-6-8(12)3-4-9(10)13/h1,3-4,6H,5,7H2,(H,14,15). The van der Waals surface area contributed by atoms with Gasteiger partial charge in [0.25, 0.3) is 5.91 Å². The van der Waals surface area contributed by atoms with Crippen LogP contribution in [0, 0.1) is 24.0 Å². The van der Waals surface area contributed by atoms with Crippen molar-refractivity contribution in [2.24, 2.45) is 0 Å². The van der Waals surface area contributed by atoms with Crippen LogP contribution in [0.15, 0.2) is 18.2 Å². The lowest BCUT2D eigenvalue weighted by atomic mass is 10.3. The Morgan fingerprint density at radius 1 is 1.50 bits per heavy atom. The Morgan fingerprint density at radius 3 is 2.94 bits per heavy atom. The van der Waals surface area contributed by atoms with E-state index >= 15 is 0 Å². The number of nitrogens with one attached hydrogen (secondary N) is 1. The summed E-state index contributed by atoms with van der Waals surface area (Å²) < 4.78 is 30.5. The van der Waals surface area contributed by atoms with Crippen molar-refractivity contribution >= 4 is 5.91 Å². The molecule has 1 aromatic carbocycles. The molecule has 0 heterocycles. The molecule has 0 saturated heterocycles. The van der Waals surface area contributed by atoms with E-state index in [2.05, 4.69) is 11.2 Å². The predicted molar refractivity (Wildman–Crippen MR) is 53.7 cm³/mol. The molecule has 5 heteroatoms. The first-order valence-corrected chi connectivity index (χ1v) is 4.41. The number of benzene rings is 1. The van der Waals surface area contributed by atoms with Gasteiger partial charge in [0, 0.05) is 6.07 Å². The lowest BCUT2D eigenvalue weighted by Gasteiger charge is -2.06. The van der Waals surface area contributed by atoms with Gasteiger partial charge in [-0.25, -0.2) is 8.78 Å². The Kier molecular flexibility index (Phi) is 4.28. The van der Waals surface area contributed by atoms with Gasteiger partial charge in [-0.2, -0.15) is 0 Å². The van der Waals surface area contributed by atoms with Gasteiger partial charge in [-0.05, 0) is 12.1 Å². The summed E-state index contributed by atoms with van der Waals surface area (Å²) in [7, 11) is 0. The van der Waals surface area contributed by atoms with E-state index in [9.17, 15) is 13.6 Å². The smallest absolute Gasteiger partial charge is 0.258 e. The highest BCUT2D eigenvalue weighted by molar-refractivity contribution is 5.77. The molecule has 1 aromatic rings. The molecule has 0 fully saturated rings. The van der Waals surface area contributed by atoms with Crippen molar-refractivity contribution in [1.29, 1.82) is 0 Å². The number of ether oxygens (including phenoxy) is 1. The van der Waals surface area contributed by atoms with Gasteiger partial charge in [-0.15, -0.1) is 6.42 Å². The number of hydrogen-bond donors (Lipinski definition) is 1. The zero-order chi connectivity index (χ0) is 12.0. The van der Waals surface area contributed by atoms with Crippen LogP contribution in [0.2, 0.25) is 0 Å². The molecule has 0 unspecified atom stereocenters. The highest BCUT2D eigenvalue weighted by atomic mass is 19.1. The van der Waals surface area contributed by atoms with Gasteiger partial charge in [0.2, 0.25) is 0 Å². The second kappa shape index (κ2) is 5.71. The number of carbonyl (C=O) groups is 1. The van der Waals surface area contributed by atoms with Gasteiger partial charge in [-0.3, -0.25) is 4.79 Å². The number of halogens is 2. The van der Waals surface area contributed by atoms with Gasteiger partial charge in [0.1, 0.15) is 5.82 Å². The number of terminal acetylenes is 1. The molecular formula is C11H9F2NO2. The molecule has 0 aliphatic rings. The summed E-state index contributed by atoms with van der Waals surface area (Å²) in [6.45, 7) is -0.351. The Labute approximate surface area is 91.4 Å². The molecule has 0 bridgehead atoms. The summed E-state index contributed by atoms with van der Waals surface area (Å²) >= 11 is 0. The van der Waals surface area contributed by atoms with Gasteiger partial charge < -0.3 is 10.1 Å². The second-order valence-electron chi connectivity index (χ2n) is 2.84. The number of hydrogen-bond acceptors (Lipinski definition) is 2. The zero-order valence-electron chi connectivity index (χ0n) is 8.30. The van der Waals surface area contributed by atoms with E-state index in [4.69, 9.17) is 11.2 Å². The fraction of sp³-hybridized carbons (Fsp3) is 0.182. The van der Waals surface area contributed by atoms with Crippen LogP contribution in [0.1, 0.15) is 0 Å². The van der Waals surface area contributed by atoms with E-state index in [-0.39, 0.29) is 12.3 Å². The lowest BCUT2D eigenvalue weighted by molar-refractivity contribution is -0.122. The maximum absolute atomic E-state index is 13.0. The average Bonchev–Trinajstić information content (AvgIpc) is 2.27. The topological polar surface area (TPSA) is 38.3 Å². The van der Waals surface area contributed by atoms with E-state index in [1.807, 2.05) is 0 Å². The SMILES string of the molecule is C#CCNC(=O)COc1cc(F)ccc1F. The first-order valence-electron chi connectivity index (χ1n) is 4.41. The van der Waals surface area contributed by atoms with Crippen molar-refractivity contribution in [2.75, 3.05) is 13.2 Å². The summed E-state index contributed by atoms with van der Waals surface area (Å²) in [5.74, 6) is 0.0189. The third-order valence-electron chi connectivity index (χ3n) is 1.64. The predicted octanol–water partition coefficient (Wildman–Crippen LogP) is 1.09. The summed E-state index contributed by atoms with van der Waals surface area (Å²) in [5, 5.41) is 2.32. The minimum absolute atomic E-state index is 0.0633. The van der Waals surface area contributed by atoms with Gasteiger partial charge >= 0.3 is 0 Å². The molecule has 84 valence electrons. The quantitative estimate of drug-likeness (QED) is 0.779. The zero-order valence-corrected chi connectivity index (χ0v) is 8.30. The molecule has 16 heavy (non-hydrogen) atoms. The molecule has 0 saturated carbocycles. The molecule has 0 radical (unpaired) electrons. The van der Waals surface area contributed by atoms with Crippen molar-refractivity contribution in [1.82, 2.24) is 5.32 Å². The molecule has 0 spiro atoms. The maximum Gasteiger partial charge on any atom is 0.258 e. The van der Waals surface area contributed by atoms with Gasteiger partial charge in [0.05, 0.1) is 6.54 Å². The van der Waals surface area contributed by atoms with E-state index in [0.717, 1.165) is 18.2 Å². The molecule has 1 rings (SSSR count). The number of rotatable bonds is 4. The van der Waals surface area contributed by atoms with Crippen molar-refractivity contribution in [3.63, 3.8) is 0 Å². The Bertz CT molecular complexity index is 426. The molecule has 1 amide bonds. The monoisotopic (exact) mass is 225 g/mol. The largest absolute Gasteiger partial charge is 0.481 e. The van der Waals surface area contributed by atoms with Crippen LogP contribution in [0.3, 0.4) is 0 Å². The Morgan fingerprint density at radius 2 is 2.25 bits per heavy atom. The minimum atomic E-state index is -0.730.